The minimum absolute atomic E-state index is 0.341. The van der Waals surface area contributed by atoms with Gasteiger partial charge in [-0.3, -0.25) is 0 Å². The molecule has 0 aromatic heterocycles. The van der Waals surface area contributed by atoms with Gasteiger partial charge in [0.2, 0.25) is 0 Å². The number of allylic oxidation sites excluding steroid dienone is 2. The van der Waals surface area contributed by atoms with Gasteiger partial charge in [0.25, 0.3) is 0 Å². The summed E-state index contributed by atoms with van der Waals surface area (Å²) in [5, 5.41) is 0. The Hall–Kier alpha value is -0.560. The van der Waals surface area contributed by atoms with Crippen LogP contribution in [0.4, 0.5) is 0 Å². The van der Waals surface area contributed by atoms with Crippen molar-refractivity contribution < 1.29 is 0 Å². The van der Waals surface area contributed by atoms with E-state index in [1.54, 1.807) is 5.57 Å². The molecule has 2 N–H and O–H groups in total. The summed E-state index contributed by atoms with van der Waals surface area (Å²) in [5.74, 6) is 0. The topological polar surface area (TPSA) is 26.0 Å². The smallest absolute Gasteiger partial charge is 0.0229 e. The second-order valence-corrected chi connectivity index (χ2v) is 3.21. The van der Waals surface area contributed by atoms with Crippen molar-refractivity contribution in [2.75, 3.05) is 0 Å². The quantitative estimate of drug-likeness (QED) is 0.484. The monoisotopic (exact) mass is 151 g/mol. The summed E-state index contributed by atoms with van der Waals surface area (Å²) in [6.07, 6.45) is 10.2. The molecule has 0 heterocycles. The van der Waals surface area contributed by atoms with Gasteiger partial charge in [-0.15, -0.1) is 6.58 Å². The van der Waals surface area contributed by atoms with Crippen LogP contribution in [0.25, 0.3) is 0 Å². The maximum absolute atomic E-state index is 5.73. The molecule has 1 atom stereocenters. The fraction of sp³-hybridized carbons (Fsp3) is 0.600. The van der Waals surface area contributed by atoms with Crippen molar-refractivity contribution in [1.29, 1.82) is 0 Å². The van der Waals surface area contributed by atoms with E-state index in [1.807, 2.05) is 6.08 Å². The maximum atomic E-state index is 5.73. The third kappa shape index (κ3) is 2.89. The van der Waals surface area contributed by atoms with Gasteiger partial charge in [0, 0.05) is 6.04 Å². The van der Waals surface area contributed by atoms with Crippen molar-refractivity contribution in [3.63, 3.8) is 0 Å². The van der Waals surface area contributed by atoms with Crippen LogP contribution in [0.3, 0.4) is 0 Å². The molecule has 1 nitrogen and oxygen atoms in total. The molecule has 0 radical (unpaired) electrons. The van der Waals surface area contributed by atoms with Crippen LogP contribution in [0.1, 0.15) is 32.1 Å². The zero-order valence-corrected chi connectivity index (χ0v) is 7.05. The zero-order valence-electron chi connectivity index (χ0n) is 7.05. The second kappa shape index (κ2) is 4.35. The van der Waals surface area contributed by atoms with Crippen molar-refractivity contribution in [2.45, 2.75) is 38.1 Å². The summed E-state index contributed by atoms with van der Waals surface area (Å²) in [6.45, 7) is 3.70. The first-order valence-electron chi connectivity index (χ1n) is 4.39. The summed E-state index contributed by atoms with van der Waals surface area (Å²) in [6, 6.07) is 0.341. The molecule has 0 aliphatic heterocycles. The van der Waals surface area contributed by atoms with Crippen molar-refractivity contribution in [3.8, 4) is 0 Å². The van der Waals surface area contributed by atoms with Gasteiger partial charge in [-0.25, -0.2) is 0 Å². The summed E-state index contributed by atoms with van der Waals surface area (Å²) < 4.78 is 0. The van der Waals surface area contributed by atoms with Crippen LogP contribution in [0.5, 0.6) is 0 Å². The molecule has 0 fully saturated rings. The van der Waals surface area contributed by atoms with Gasteiger partial charge in [-0.05, 0) is 32.1 Å². The number of unbranched alkanes of at least 4 members (excludes halogenated alkanes) is 1. The van der Waals surface area contributed by atoms with Crippen LogP contribution in [0.2, 0.25) is 0 Å². The lowest BCUT2D eigenvalue weighted by atomic mass is 10.1. The second-order valence-electron chi connectivity index (χ2n) is 3.21. The molecule has 1 aliphatic carbocycles. The summed E-state index contributed by atoms with van der Waals surface area (Å²) in [7, 11) is 0. The molecule has 0 saturated carbocycles. The average molecular weight is 151 g/mol. The van der Waals surface area contributed by atoms with Crippen LogP contribution in [-0.4, -0.2) is 6.04 Å². The van der Waals surface area contributed by atoms with Crippen molar-refractivity contribution in [1.82, 2.24) is 0 Å². The summed E-state index contributed by atoms with van der Waals surface area (Å²) in [5.41, 5.74) is 7.29. The fourth-order valence-corrected chi connectivity index (χ4v) is 1.50. The molecule has 0 aromatic rings. The standard InChI is InChI=1S/C10H17N/c1-2-3-4-5-9-6-7-10(11)8-9/h2,8,10H,1,3-7,11H2. The SMILES string of the molecule is C=CCCCC1=CC(N)CC1. The molecule has 0 spiro atoms. The number of hydrogen-bond acceptors (Lipinski definition) is 1. The van der Waals surface area contributed by atoms with E-state index in [-0.39, 0.29) is 0 Å². The third-order valence-electron chi connectivity index (χ3n) is 2.15. The van der Waals surface area contributed by atoms with Crippen LogP contribution in [0, 0.1) is 0 Å². The van der Waals surface area contributed by atoms with E-state index in [1.165, 1.54) is 19.3 Å². The van der Waals surface area contributed by atoms with E-state index in [2.05, 4.69) is 12.7 Å². The minimum atomic E-state index is 0.341. The highest BCUT2D eigenvalue weighted by molar-refractivity contribution is 5.13. The van der Waals surface area contributed by atoms with Gasteiger partial charge in [-0.2, -0.15) is 0 Å². The Morgan fingerprint density at radius 2 is 2.55 bits per heavy atom. The highest BCUT2D eigenvalue weighted by atomic mass is 14.6. The molecule has 1 aliphatic rings. The van der Waals surface area contributed by atoms with Gasteiger partial charge in [0.05, 0.1) is 0 Å². The van der Waals surface area contributed by atoms with E-state index in [0.29, 0.717) is 6.04 Å². The molecule has 1 heteroatoms. The van der Waals surface area contributed by atoms with Gasteiger partial charge >= 0.3 is 0 Å². The predicted molar refractivity (Wildman–Crippen MR) is 49.3 cm³/mol. The lowest BCUT2D eigenvalue weighted by Crippen LogP contribution is -2.11. The Morgan fingerprint density at radius 1 is 1.73 bits per heavy atom. The Bertz CT molecular complexity index is 158. The molecule has 0 saturated heterocycles. The normalized spacial score (nSPS) is 23.4. The number of nitrogens with two attached hydrogens (primary N) is 1. The van der Waals surface area contributed by atoms with E-state index in [4.69, 9.17) is 5.73 Å². The van der Waals surface area contributed by atoms with Crippen LogP contribution >= 0.6 is 0 Å². The number of rotatable bonds is 4. The lowest BCUT2D eigenvalue weighted by Gasteiger charge is -1.97. The van der Waals surface area contributed by atoms with Gasteiger partial charge in [-0.1, -0.05) is 17.7 Å². The Morgan fingerprint density at radius 3 is 3.09 bits per heavy atom. The fourth-order valence-electron chi connectivity index (χ4n) is 1.50. The molecule has 0 aromatic carbocycles. The maximum Gasteiger partial charge on any atom is 0.0229 e. The lowest BCUT2D eigenvalue weighted by molar-refractivity contribution is 0.750. The molecule has 1 unspecified atom stereocenters. The van der Waals surface area contributed by atoms with Gasteiger partial charge < -0.3 is 5.73 Å². The minimum Gasteiger partial charge on any atom is -0.324 e. The van der Waals surface area contributed by atoms with E-state index < -0.39 is 0 Å². The molecule has 0 bridgehead atoms. The van der Waals surface area contributed by atoms with Gasteiger partial charge in [0.1, 0.15) is 0 Å². The van der Waals surface area contributed by atoms with E-state index in [9.17, 15) is 0 Å². The molecular formula is C10H17N. The largest absolute Gasteiger partial charge is 0.324 e. The van der Waals surface area contributed by atoms with Crippen molar-refractivity contribution in [2.24, 2.45) is 5.73 Å². The first-order valence-corrected chi connectivity index (χ1v) is 4.39. The molecule has 62 valence electrons. The first-order chi connectivity index (χ1) is 5.33. The van der Waals surface area contributed by atoms with E-state index in [0.717, 1.165) is 12.8 Å². The third-order valence-corrected chi connectivity index (χ3v) is 2.15. The van der Waals surface area contributed by atoms with Crippen LogP contribution in [0.15, 0.2) is 24.3 Å². The first kappa shape index (κ1) is 8.54. The van der Waals surface area contributed by atoms with E-state index >= 15 is 0 Å². The molecule has 11 heavy (non-hydrogen) atoms. The Labute approximate surface area is 69.0 Å². The van der Waals surface area contributed by atoms with Crippen molar-refractivity contribution in [3.05, 3.63) is 24.3 Å². The summed E-state index contributed by atoms with van der Waals surface area (Å²) in [4.78, 5) is 0. The van der Waals surface area contributed by atoms with Crippen LogP contribution < -0.4 is 5.73 Å². The highest BCUT2D eigenvalue weighted by Gasteiger charge is 2.10. The number of hydrogen-bond donors (Lipinski definition) is 1. The zero-order chi connectivity index (χ0) is 8.10. The van der Waals surface area contributed by atoms with Gasteiger partial charge in [0.15, 0.2) is 0 Å². The van der Waals surface area contributed by atoms with Crippen molar-refractivity contribution >= 4 is 0 Å². The van der Waals surface area contributed by atoms with Crippen LogP contribution in [-0.2, 0) is 0 Å². The molecule has 1 rings (SSSR count). The summed E-state index contributed by atoms with van der Waals surface area (Å²) >= 11 is 0. The highest BCUT2D eigenvalue weighted by Crippen LogP contribution is 2.21. The predicted octanol–water partition coefficient (Wildman–Crippen LogP) is 2.39. The molecule has 0 amide bonds. The Kier molecular flexibility index (Phi) is 3.37. The molecular weight excluding hydrogens is 134 g/mol. The average Bonchev–Trinajstić information content (AvgIpc) is 2.37. The Balaban J connectivity index is 2.16.